The summed E-state index contributed by atoms with van der Waals surface area (Å²) in [5.74, 6) is 0.739. The van der Waals surface area contributed by atoms with Crippen molar-refractivity contribution in [2.45, 2.75) is 37.1 Å². The second-order valence-corrected chi connectivity index (χ2v) is 6.83. The molecular weight excluding hydrogens is 278 g/mol. The Labute approximate surface area is 120 Å². The zero-order chi connectivity index (χ0) is 13.2. The lowest BCUT2D eigenvalue weighted by molar-refractivity contribution is 0.521. The molecule has 0 radical (unpaired) electrons. The minimum Gasteiger partial charge on any atom is -0.308 e. The molecule has 2 aromatic heterocycles. The van der Waals surface area contributed by atoms with Crippen LogP contribution in [0.4, 0.5) is 0 Å². The number of hydrogen-bond acceptors (Lipinski definition) is 5. The van der Waals surface area contributed by atoms with Crippen LogP contribution in [0.3, 0.4) is 0 Å². The fourth-order valence-corrected chi connectivity index (χ4v) is 4.36. The highest BCUT2D eigenvalue weighted by Crippen LogP contribution is 2.28. The molecule has 2 atom stereocenters. The fourth-order valence-electron chi connectivity index (χ4n) is 2.67. The summed E-state index contributed by atoms with van der Waals surface area (Å²) >= 11 is 3.37. The van der Waals surface area contributed by atoms with E-state index in [-0.39, 0.29) is 5.56 Å². The van der Waals surface area contributed by atoms with Crippen molar-refractivity contribution in [3.63, 3.8) is 0 Å². The Hall–Kier alpha value is -0.850. The Morgan fingerprint density at radius 1 is 1.58 bits per heavy atom. The quantitative estimate of drug-likeness (QED) is 0.909. The molecule has 6 heteroatoms. The van der Waals surface area contributed by atoms with Crippen LogP contribution in [0.15, 0.2) is 16.2 Å². The van der Waals surface area contributed by atoms with Crippen molar-refractivity contribution in [2.75, 3.05) is 6.26 Å². The molecule has 4 nitrogen and oxygen atoms in total. The van der Waals surface area contributed by atoms with Crippen LogP contribution in [0.5, 0.6) is 0 Å². The number of nitrogens with one attached hydrogen (secondary N) is 2. The Morgan fingerprint density at radius 2 is 2.47 bits per heavy atom. The number of rotatable bonds is 4. The molecule has 3 rings (SSSR count). The van der Waals surface area contributed by atoms with E-state index in [1.807, 2.05) is 23.2 Å². The second kappa shape index (κ2) is 5.64. The molecule has 1 fully saturated rings. The predicted octanol–water partition coefficient (Wildman–Crippen LogP) is 2.36. The largest absolute Gasteiger partial charge is 0.308 e. The number of H-pyrrole nitrogens is 1. The molecule has 2 heterocycles. The first kappa shape index (κ1) is 13.1. The molecule has 2 N–H and O–H groups in total. The highest BCUT2D eigenvalue weighted by Gasteiger charge is 2.25. The lowest BCUT2D eigenvalue weighted by Crippen LogP contribution is -2.34. The van der Waals surface area contributed by atoms with Crippen molar-refractivity contribution in [3.8, 4) is 0 Å². The van der Waals surface area contributed by atoms with E-state index in [4.69, 9.17) is 0 Å². The summed E-state index contributed by atoms with van der Waals surface area (Å²) in [6, 6.07) is 2.44. The minimum atomic E-state index is -0.0235. The van der Waals surface area contributed by atoms with Crippen molar-refractivity contribution in [3.05, 3.63) is 27.6 Å². The van der Waals surface area contributed by atoms with E-state index in [1.54, 1.807) is 0 Å². The number of thioether (sulfide) groups is 1. The van der Waals surface area contributed by atoms with Crippen molar-refractivity contribution >= 4 is 33.3 Å². The van der Waals surface area contributed by atoms with Gasteiger partial charge in [-0.1, -0.05) is 6.42 Å². The molecule has 1 saturated carbocycles. The number of thiophene rings is 1. The lowest BCUT2D eigenvalue weighted by Gasteiger charge is -2.18. The van der Waals surface area contributed by atoms with Gasteiger partial charge in [0, 0.05) is 11.3 Å². The van der Waals surface area contributed by atoms with Gasteiger partial charge in [-0.25, -0.2) is 4.98 Å². The van der Waals surface area contributed by atoms with Gasteiger partial charge in [0.15, 0.2) is 0 Å². The molecule has 0 amide bonds. The summed E-state index contributed by atoms with van der Waals surface area (Å²) < 4.78 is 0.714. The van der Waals surface area contributed by atoms with Gasteiger partial charge in [-0.05, 0) is 30.5 Å². The number of hydrogen-bond donors (Lipinski definition) is 2. The molecule has 0 aliphatic heterocycles. The van der Waals surface area contributed by atoms with Crippen LogP contribution in [0.25, 0.3) is 10.2 Å². The van der Waals surface area contributed by atoms with E-state index in [0.717, 1.165) is 11.3 Å². The highest BCUT2D eigenvalue weighted by molar-refractivity contribution is 7.99. The van der Waals surface area contributed by atoms with Crippen LogP contribution in [-0.4, -0.2) is 27.5 Å². The van der Waals surface area contributed by atoms with E-state index >= 15 is 0 Å². The first-order valence-electron chi connectivity index (χ1n) is 6.50. The number of aromatic nitrogens is 2. The summed E-state index contributed by atoms with van der Waals surface area (Å²) in [7, 11) is 0. The monoisotopic (exact) mass is 295 g/mol. The third-order valence-corrected chi connectivity index (χ3v) is 5.72. The van der Waals surface area contributed by atoms with E-state index in [0.29, 0.717) is 22.5 Å². The van der Waals surface area contributed by atoms with Gasteiger partial charge in [-0.3, -0.25) is 4.79 Å². The maximum absolute atomic E-state index is 11.9. The fraction of sp³-hybridized carbons (Fsp3) is 0.538. The molecule has 0 aromatic carbocycles. The molecule has 0 bridgehead atoms. The van der Waals surface area contributed by atoms with Crippen molar-refractivity contribution in [1.82, 2.24) is 15.3 Å². The van der Waals surface area contributed by atoms with Crippen LogP contribution >= 0.6 is 23.1 Å². The maximum atomic E-state index is 11.9. The number of nitrogens with zero attached hydrogens (tertiary/aromatic N) is 1. The van der Waals surface area contributed by atoms with Crippen LogP contribution in [0.2, 0.25) is 0 Å². The first-order chi connectivity index (χ1) is 9.28. The average Bonchev–Trinajstić information content (AvgIpc) is 3.04. The molecule has 1 aliphatic carbocycles. The third-order valence-electron chi connectivity index (χ3n) is 3.65. The van der Waals surface area contributed by atoms with Gasteiger partial charge >= 0.3 is 0 Å². The van der Waals surface area contributed by atoms with Crippen LogP contribution in [-0.2, 0) is 6.54 Å². The Balaban J connectivity index is 1.73. The average molecular weight is 295 g/mol. The SMILES string of the molecule is CSC1CCCC1NCc1nc2ccsc2c(=O)[nH]1. The van der Waals surface area contributed by atoms with E-state index in [9.17, 15) is 4.79 Å². The van der Waals surface area contributed by atoms with Gasteiger partial charge in [0.2, 0.25) is 0 Å². The molecule has 1 aliphatic rings. The molecular formula is C13H17N3OS2. The summed E-state index contributed by atoms with van der Waals surface area (Å²) in [6.45, 7) is 0.642. The van der Waals surface area contributed by atoms with Crippen molar-refractivity contribution in [2.24, 2.45) is 0 Å². The summed E-state index contributed by atoms with van der Waals surface area (Å²) in [6.07, 6.45) is 5.96. The predicted molar refractivity (Wildman–Crippen MR) is 82.0 cm³/mol. The van der Waals surface area contributed by atoms with Crippen LogP contribution < -0.4 is 10.9 Å². The molecule has 0 spiro atoms. The van der Waals surface area contributed by atoms with Crippen LogP contribution in [0.1, 0.15) is 25.1 Å². The molecule has 102 valence electrons. The normalized spacial score (nSPS) is 23.2. The highest BCUT2D eigenvalue weighted by atomic mass is 32.2. The van der Waals surface area contributed by atoms with Gasteiger partial charge in [0.25, 0.3) is 5.56 Å². The zero-order valence-electron chi connectivity index (χ0n) is 10.8. The van der Waals surface area contributed by atoms with Gasteiger partial charge in [0.05, 0.1) is 12.1 Å². The van der Waals surface area contributed by atoms with E-state index in [1.165, 1.54) is 30.6 Å². The Bertz CT molecular complexity index is 622. The second-order valence-electron chi connectivity index (χ2n) is 4.84. The Kier molecular flexibility index (Phi) is 3.91. The van der Waals surface area contributed by atoms with E-state index in [2.05, 4.69) is 21.5 Å². The Morgan fingerprint density at radius 3 is 3.32 bits per heavy atom. The third kappa shape index (κ3) is 2.70. The number of aromatic amines is 1. The van der Waals surface area contributed by atoms with E-state index < -0.39 is 0 Å². The summed E-state index contributed by atoms with van der Waals surface area (Å²) in [5, 5.41) is 6.13. The topological polar surface area (TPSA) is 57.8 Å². The lowest BCUT2D eigenvalue weighted by atomic mass is 10.2. The molecule has 2 unspecified atom stereocenters. The van der Waals surface area contributed by atoms with Crippen molar-refractivity contribution < 1.29 is 0 Å². The van der Waals surface area contributed by atoms with Gasteiger partial charge < -0.3 is 10.3 Å². The summed E-state index contributed by atoms with van der Waals surface area (Å²) in [4.78, 5) is 19.2. The first-order valence-corrected chi connectivity index (χ1v) is 8.67. The molecule has 2 aromatic rings. The summed E-state index contributed by atoms with van der Waals surface area (Å²) in [5.41, 5.74) is 0.781. The number of fused-ring (bicyclic) bond motifs is 1. The standard InChI is InChI=1S/C13H17N3OS2/c1-18-10-4-2-3-8(10)14-7-11-15-9-5-6-19-12(9)13(17)16-11/h5-6,8,10,14H,2-4,7H2,1H3,(H,15,16,17). The van der Waals surface area contributed by atoms with Gasteiger partial charge in [0.1, 0.15) is 10.5 Å². The molecule has 0 saturated heterocycles. The van der Waals surface area contributed by atoms with Crippen molar-refractivity contribution in [1.29, 1.82) is 0 Å². The smallest absolute Gasteiger partial charge is 0.268 e. The van der Waals surface area contributed by atoms with Gasteiger partial charge in [-0.2, -0.15) is 11.8 Å². The minimum absolute atomic E-state index is 0.0235. The maximum Gasteiger partial charge on any atom is 0.268 e. The van der Waals surface area contributed by atoms with Gasteiger partial charge in [-0.15, -0.1) is 11.3 Å². The molecule has 19 heavy (non-hydrogen) atoms. The zero-order valence-corrected chi connectivity index (χ0v) is 12.4. The van der Waals surface area contributed by atoms with Crippen LogP contribution in [0, 0.1) is 0 Å².